The lowest BCUT2D eigenvalue weighted by molar-refractivity contribution is -0.141. The number of benzene rings is 1. The Labute approximate surface area is 453 Å². The zero-order chi connectivity index (χ0) is 57.3. The molecule has 77 heavy (non-hydrogen) atoms. The van der Waals surface area contributed by atoms with Crippen LogP contribution >= 0.6 is 25.3 Å². The molecule has 7 atom stereocenters. The standard InChI is InChI=1S/C45H70N14O16S2/c46-11-14-74-16-17-75-15-13-49-34(61)21-51-38(67)26-8-4-10-33(60)53-29(19-36(63)64)41(70)58-31(23-76)43(72)56-27(9-5-12-50-45(47)48)39(68)52-22-35(62)54-30(20-37(65)66)42(71)59-32(24-77)44(73)57-28(40(69)55-26)18-25-6-2-1-3-7-25/h1-3,6-7,26-32,76-77H,4-5,8-24,46H2,(H,49,61)(H,51,67)(H,52,68)(H,53,60)(H,54,62)(H,55,69)(H,56,72)(H,57,73)(H,58,70)(H,59,71)(H,63,64)(H,65,66)(H4,47,48,50)/t26-,27-,28-,29-,30-,31-,32-/m0/s1. The minimum Gasteiger partial charge on any atom is -0.481 e. The van der Waals surface area contributed by atoms with Crippen molar-refractivity contribution in [2.45, 2.75) is 93.7 Å². The van der Waals surface area contributed by atoms with E-state index in [4.69, 9.17) is 26.4 Å². The van der Waals surface area contributed by atoms with E-state index in [9.17, 15) is 67.7 Å². The van der Waals surface area contributed by atoms with Gasteiger partial charge in [0.1, 0.15) is 42.3 Å². The number of nitrogens with one attached hydrogen (secondary N) is 12. The van der Waals surface area contributed by atoms with Crippen molar-refractivity contribution in [3.63, 3.8) is 0 Å². The molecule has 1 saturated heterocycles. The maximum atomic E-state index is 14.2. The fourth-order valence-electron chi connectivity index (χ4n) is 6.93. The lowest BCUT2D eigenvalue weighted by atomic mass is 10.0. The predicted molar refractivity (Wildman–Crippen MR) is 279 cm³/mol. The van der Waals surface area contributed by atoms with Crippen LogP contribution < -0.4 is 70.0 Å². The molecule has 1 aliphatic rings. The summed E-state index contributed by atoms with van der Waals surface area (Å²) in [5.41, 5.74) is 11.2. The monoisotopic (exact) mass is 1130 g/mol. The molecule has 30 nitrogen and oxygen atoms in total. The van der Waals surface area contributed by atoms with E-state index in [2.05, 4.69) is 83.7 Å². The van der Waals surface area contributed by atoms with Crippen molar-refractivity contribution in [2.75, 3.05) is 70.7 Å². The van der Waals surface area contributed by atoms with Gasteiger partial charge in [0.2, 0.25) is 59.1 Å². The molecule has 0 aliphatic carbocycles. The highest BCUT2D eigenvalue weighted by Crippen LogP contribution is 2.09. The van der Waals surface area contributed by atoms with E-state index in [-0.39, 0.29) is 65.0 Å². The number of aliphatic carboxylic acids is 2. The minimum absolute atomic E-state index is 0.0358. The smallest absolute Gasteiger partial charge is 0.305 e. The number of hydrogen-bond acceptors (Lipinski definition) is 18. The zero-order valence-corrected chi connectivity index (χ0v) is 43.8. The van der Waals surface area contributed by atoms with Crippen LogP contribution in [0.2, 0.25) is 0 Å². The molecule has 2 rings (SSSR count). The van der Waals surface area contributed by atoms with Crippen molar-refractivity contribution >= 4 is 102 Å². The van der Waals surface area contributed by atoms with Crippen molar-refractivity contribution < 1.29 is 77.2 Å². The number of thiol groups is 2. The summed E-state index contributed by atoms with van der Waals surface area (Å²) in [6.07, 6.45) is -3.35. The number of carbonyl (C=O) groups is 12. The van der Waals surface area contributed by atoms with E-state index in [1.54, 1.807) is 30.3 Å². The second kappa shape index (κ2) is 36.6. The number of carboxylic acid groups (broad SMARTS) is 2. The third kappa shape index (κ3) is 27.4. The third-order valence-electron chi connectivity index (χ3n) is 10.8. The second-order valence-corrected chi connectivity index (χ2v) is 17.7. The van der Waals surface area contributed by atoms with Gasteiger partial charge in [-0.05, 0) is 31.2 Å². The van der Waals surface area contributed by atoms with E-state index in [1.807, 2.05) is 0 Å². The van der Waals surface area contributed by atoms with E-state index in [1.165, 1.54) is 0 Å². The molecule has 0 radical (unpaired) electrons. The van der Waals surface area contributed by atoms with Gasteiger partial charge in [-0.1, -0.05) is 30.3 Å². The molecular weight excluding hydrogens is 1060 g/mol. The van der Waals surface area contributed by atoms with E-state index in [0.29, 0.717) is 18.7 Å². The molecule has 10 amide bonds. The van der Waals surface area contributed by atoms with Crippen LogP contribution in [0.5, 0.6) is 0 Å². The second-order valence-electron chi connectivity index (χ2n) is 17.0. The van der Waals surface area contributed by atoms with Crippen LogP contribution in [0.1, 0.15) is 50.5 Å². The highest BCUT2D eigenvalue weighted by molar-refractivity contribution is 7.80. The van der Waals surface area contributed by atoms with Crippen LogP contribution in [-0.4, -0.2) is 200 Å². The summed E-state index contributed by atoms with van der Waals surface area (Å²) in [5, 5.41) is 52.9. The lowest BCUT2D eigenvalue weighted by Crippen LogP contribution is -2.60. The number of hydrogen-bond donors (Lipinski definition) is 18. The first-order valence-electron chi connectivity index (χ1n) is 24.2. The molecule has 1 aliphatic heterocycles. The molecule has 0 bridgehead atoms. The Balaban J connectivity index is 2.57. The molecular formula is C45H70N14O16S2. The quantitative estimate of drug-likeness (QED) is 0.0210. The Morgan fingerprint density at radius 2 is 1.17 bits per heavy atom. The molecule has 0 saturated carbocycles. The highest BCUT2D eigenvalue weighted by atomic mass is 32.1. The maximum Gasteiger partial charge on any atom is 0.305 e. The van der Waals surface area contributed by atoms with Gasteiger partial charge in [0.05, 0.1) is 52.4 Å². The summed E-state index contributed by atoms with van der Waals surface area (Å²) in [4.78, 5) is 159. The first kappa shape index (κ1) is 65.8. The van der Waals surface area contributed by atoms with Crippen LogP contribution in [0.3, 0.4) is 0 Å². The van der Waals surface area contributed by atoms with Crippen molar-refractivity contribution in [3.8, 4) is 0 Å². The summed E-state index contributed by atoms with van der Waals surface area (Å²) >= 11 is 8.29. The molecule has 1 heterocycles. The van der Waals surface area contributed by atoms with Gasteiger partial charge in [0.15, 0.2) is 5.96 Å². The molecule has 1 fully saturated rings. The number of ether oxygens (including phenoxy) is 2. The normalized spacial score (nSPS) is 21.9. The van der Waals surface area contributed by atoms with Crippen LogP contribution in [0.25, 0.3) is 0 Å². The number of nitrogens with two attached hydrogens (primary N) is 2. The highest BCUT2D eigenvalue weighted by Gasteiger charge is 2.34. The largest absolute Gasteiger partial charge is 0.481 e. The average molecular weight is 1130 g/mol. The summed E-state index contributed by atoms with van der Waals surface area (Å²) in [7, 11) is 0. The van der Waals surface area contributed by atoms with Gasteiger partial charge in [-0.25, -0.2) is 0 Å². The van der Waals surface area contributed by atoms with Gasteiger partial charge < -0.3 is 89.6 Å². The van der Waals surface area contributed by atoms with Crippen molar-refractivity contribution in [2.24, 2.45) is 11.5 Å². The van der Waals surface area contributed by atoms with Crippen LogP contribution in [-0.2, 0) is 73.4 Å². The van der Waals surface area contributed by atoms with Crippen LogP contribution in [0.4, 0.5) is 0 Å². The van der Waals surface area contributed by atoms with Crippen LogP contribution in [0, 0.1) is 5.41 Å². The van der Waals surface area contributed by atoms with Crippen LogP contribution in [0.15, 0.2) is 30.3 Å². The van der Waals surface area contributed by atoms with Crippen molar-refractivity contribution in [1.82, 2.24) is 58.5 Å². The van der Waals surface area contributed by atoms with Gasteiger partial charge in [0, 0.05) is 44.0 Å². The first-order chi connectivity index (χ1) is 36.7. The van der Waals surface area contributed by atoms with Gasteiger partial charge in [0.25, 0.3) is 0 Å². The first-order valence-corrected chi connectivity index (χ1v) is 25.5. The Morgan fingerprint density at radius 1 is 0.636 bits per heavy atom. The molecule has 18 N–H and O–H groups in total. The Morgan fingerprint density at radius 3 is 1.73 bits per heavy atom. The van der Waals surface area contributed by atoms with E-state index < -0.39 is 163 Å². The Hall–Kier alpha value is -7.29. The molecule has 0 aromatic heterocycles. The lowest BCUT2D eigenvalue weighted by Gasteiger charge is -2.26. The summed E-state index contributed by atoms with van der Waals surface area (Å²) in [6, 6.07) is -3.11. The minimum atomic E-state index is -1.86. The third-order valence-corrected chi connectivity index (χ3v) is 11.5. The maximum absolute atomic E-state index is 14.2. The summed E-state index contributed by atoms with van der Waals surface area (Å²) in [6.45, 7) is -0.124. The van der Waals surface area contributed by atoms with E-state index >= 15 is 0 Å². The fraction of sp³-hybridized carbons (Fsp3) is 0.578. The summed E-state index contributed by atoms with van der Waals surface area (Å²) < 4.78 is 10.6. The molecule has 428 valence electrons. The molecule has 1 aromatic carbocycles. The number of amides is 10. The molecule has 0 spiro atoms. The Kier molecular flexibility index (Phi) is 31.3. The van der Waals surface area contributed by atoms with Crippen molar-refractivity contribution in [3.05, 3.63) is 35.9 Å². The number of rotatable bonds is 23. The molecule has 0 unspecified atom stereocenters. The SMILES string of the molecule is N=C(N)NCCC[C@@H]1NC(=O)[C@H](CS)NC(=O)[C@H](CC(=O)O)NC(=O)CCC[C@@H](C(=O)NCC(=O)NCCOCCOCCN)NC(=O)[C@H](Cc2ccccc2)NC(=O)[C@H](CS)NC(=O)[C@H](CC(=O)O)NC(=O)CNC1=O. The van der Waals surface area contributed by atoms with Gasteiger partial charge in [-0.3, -0.25) is 62.9 Å². The van der Waals surface area contributed by atoms with E-state index in [0.717, 1.165) is 0 Å². The predicted octanol–water partition coefficient (Wildman–Crippen LogP) is -6.78. The topological polar surface area (TPSA) is 472 Å². The molecule has 1 aromatic rings. The van der Waals surface area contributed by atoms with Crippen molar-refractivity contribution in [1.29, 1.82) is 5.41 Å². The average Bonchev–Trinajstić information content (AvgIpc) is 3.38. The van der Waals surface area contributed by atoms with Gasteiger partial charge in [-0.2, -0.15) is 25.3 Å². The fourth-order valence-corrected chi connectivity index (χ4v) is 7.45. The zero-order valence-electron chi connectivity index (χ0n) is 42.0. The van der Waals surface area contributed by atoms with Gasteiger partial charge in [-0.15, -0.1) is 0 Å². The number of carbonyl (C=O) groups excluding carboxylic acids is 10. The number of guanidine groups is 1. The number of carboxylic acids is 2. The summed E-state index contributed by atoms with van der Waals surface area (Å²) in [5.74, 6) is -14.3. The van der Waals surface area contributed by atoms with Gasteiger partial charge >= 0.3 is 11.9 Å². The Bertz CT molecular complexity index is 2200. The molecule has 32 heteroatoms.